The summed E-state index contributed by atoms with van der Waals surface area (Å²) < 4.78 is 5.76. The van der Waals surface area contributed by atoms with E-state index < -0.39 is 5.41 Å². The molecule has 1 amide bonds. The molecule has 1 aliphatic rings. The molecular weight excluding hydrogens is 288 g/mol. The number of carbonyl (C=O) groups excluding carboxylic acids is 1. The highest BCUT2D eigenvalue weighted by Gasteiger charge is 2.40. The molecule has 1 unspecified atom stereocenters. The quantitative estimate of drug-likeness (QED) is 0.910. The number of hydrogen-bond acceptors (Lipinski definition) is 3. The van der Waals surface area contributed by atoms with Crippen LogP contribution in [0.1, 0.15) is 36.6 Å². The fourth-order valence-corrected chi connectivity index (χ4v) is 2.92. The van der Waals surface area contributed by atoms with Crippen molar-refractivity contribution in [3.05, 3.63) is 59.2 Å². The van der Waals surface area contributed by atoms with Gasteiger partial charge < -0.3 is 15.8 Å². The van der Waals surface area contributed by atoms with Crippen molar-refractivity contribution in [3.8, 4) is 5.75 Å². The van der Waals surface area contributed by atoms with Crippen LogP contribution in [0.4, 0.5) is 5.69 Å². The molecule has 3 N–H and O–H groups in total. The molecule has 0 saturated carbocycles. The second kappa shape index (κ2) is 5.70. The number of fused-ring (bicyclic) bond motifs is 1. The molecule has 23 heavy (non-hydrogen) atoms. The average molecular weight is 310 g/mol. The lowest BCUT2D eigenvalue weighted by Crippen LogP contribution is -2.26. The zero-order valence-electron chi connectivity index (χ0n) is 13.7. The molecule has 0 spiro atoms. The summed E-state index contributed by atoms with van der Waals surface area (Å²) in [5, 5.41) is 2.99. The lowest BCUT2D eigenvalue weighted by atomic mass is 9.84. The minimum Gasteiger partial charge on any atom is -0.492 e. The first-order valence-electron chi connectivity index (χ1n) is 7.79. The predicted octanol–water partition coefficient (Wildman–Crippen LogP) is 3.30. The van der Waals surface area contributed by atoms with Gasteiger partial charge in [0, 0.05) is 5.69 Å². The zero-order valence-corrected chi connectivity index (χ0v) is 13.7. The Balaban J connectivity index is 1.87. The maximum Gasteiger partial charge on any atom is 0.234 e. The van der Waals surface area contributed by atoms with Crippen molar-refractivity contribution in [2.45, 2.75) is 32.2 Å². The fourth-order valence-electron chi connectivity index (χ4n) is 2.92. The van der Waals surface area contributed by atoms with Crippen LogP contribution < -0.4 is 15.8 Å². The van der Waals surface area contributed by atoms with Crippen LogP contribution in [-0.2, 0) is 10.2 Å². The first-order valence-corrected chi connectivity index (χ1v) is 7.79. The summed E-state index contributed by atoms with van der Waals surface area (Å²) in [7, 11) is 0. The molecule has 0 aromatic heterocycles. The second-order valence-corrected chi connectivity index (χ2v) is 6.59. The van der Waals surface area contributed by atoms with E-state index in [1.807, 2.05) is 57.2 Å². The number of aryl methyl sites for hydroxylation is 1. The molecule has 2 aromatic carbocycles. The SMILES string of the molecule is Cc1cc(C(N)COc2ccccc2)c2c(c1)C(C)(C)C(=O)N2. The van der Waals surface area contributed by atoms with Gasteiger partial charge in [0.15, 0.2) is 0 Å². The molecule has 3 rings (SSSR count). The van der Waals surface area contributed by atoms with E-state index in [-0.39, 0.29) is 11.9 Å². The number of rotatable bonds is 4. The zero-order chi connectivity index (χ0) is 16.6. The number of para-hydroxylation sites is 1. The lowest BCUT2D eigenvalue weighted by molar-refractivity contribution is -0.119. The highest BCUT2D eigenvalue weighted by molar-refractivity contribution is 6.06. The number of anilines is 1. The number of amides is 1. The predicted molar refractivity (Wildman–Crippen MR) is 91.7 cm³/mol. The molecular formula is C19H22N2O2. The Morgan fingerprint density at radius 1 is 1.22 bits per heavy atom. The summed E-state index contributed by atoms with van der Waals surface area (Å²) in [6.07, 6.45) is 0. The third kappa shape index (κ3) is 2.82. The first-order chi connectivity index (χ1) is 10.9. The van der Waals surface area contributed by atoms with Crippen molar-refractivity contribution in [1.82, 2.24) is 0 Å². The maximum absolute atomic E-state index is 12.2. The normalized spacial score (nSPS) is 16.6. The Morgan fingerprint density at radius 3 is 2.61 bits per heavy atom. The van der Waals surface area contributed by atoms with Gasteiger partial charge in [-0.2, -0.15) is 0 Å². The van der Waals surface area contributed by atoms with Crippen molar-refractivity contribution in [1.29, 1.82) is 0 Å². The summed E-state index contributed by atoms with van der Waals surface area (Å²) >= 11 is 0. The van der Waals surface area contributed by atoms with E-state index in [4.69, 9.17) is 10.5 Å². The molecule has 2 aromatic rings. The van der Waals surface area contributed by atoms with Gasteiger partial charge in [0.25, 0.3) is 0 Å². The number of hydrogen-bond donors (Lipinski definition) is 2. The standard InChI is InChI=1S/C19H22N2O2/c1-12-9-14(16(20)11-23-13-7-5-4-6-8-13)17-15(10-12)19(2,3)18(22)21-17/h4-10,16H,11,20H2,1-3H3,(H,21,22). The Hall–Kier alpha value is -2.33. The fraction of sp³-hybridized carbons (Fsp3) is 0.316. The van der Waals surface area contributed by atoms with Gasteiger partial charge in [0.05, 0.1) is 11.5 Å². The monoisotopic (exact) mass is 310 g/mol. The molecule has 0 radical (unpaired) electrons. The van der Waals surface area contributed by atoms with Crippen molar-refractivity contribution < 1.29 is 9.53 Å². The lowest BCUT2D eigenvalue weighted by Gasteiger charge is -2.19. The summed E-state index contributed by atoms with van der Waals surface area (Å²) in [6, 6.07) is 13.4. The van der Waals surface area contributed by atoms with E-state index in [1.165, 1.54) is 0 Å². The van der Waals surface area contributed by atoms with Gasteiger partial charge in [-0.1, -0.05) is 35.9 Å². The van der Waals surface area contributed by atoms with Crippen LogP contribution in [0.3, 0.4) is 0 Å². The van der Waals surface area contributed by atoms with Crippen LogP contribution in [0.15, 0.2) is 42.5 Å². The third-order valence-electron chi connectivity index (χ3n) is 4.36. The van der Waals surface area contributed by atoms with Gasteiger partial charge in [0.1, 0.15) is 12.4 Å². The van der Waals surface area contributed by atoms with Crippen molar-refractivity contribution in [3.63, 3.8) is 0 Å². The van der Waals surface area contributed by atoms with Crippen molar-refractivity contribution in [2.24, 2.45) is 5.73 Å². The Labute approximate surface area is 136 Å². The van der Waals surface area contributed by atoms with E-state index in [9.17, 15) is 4.79 Å². The molecule has 4 heteroatoms. The molecule has 0 saturated heterocycles. The van der Waals surface area contributed by atoms with Gasteiger partial charge in [0.2, 0.25) is 5.91 Å². The molecule has 0 aliphatic carbocycles. The number of nitrogens with two attached hydrogens (primary N) is 1. The van der Waals surface area contributed by atoms with Gasteiger partial charge in [-0.3, -0.25) is 4.79 Å². The number of benzene rings is 2. The van der Waals surface area contributed by atoms with E-state index in [2.05, 4.69) is 11.4 Å². The second-order valence-electron chi connectivity index (χ2n) is 6.59. The van der Waals surface area contributed by atoms with Crippen LogP contribution in [0.5, 0.6) is 5.75 Å². The number of carbonyl (C=O) groups is 1. The topological polar surface area (TPSA) is 64.3 Å². The smallest absolute Gasteiger partial charge is 0.234 e. The highest BCUT2D eigenvalue weighted by atomic mass is 16.5. The van der Waals surface area contributed by atoms with Gasteiger partial charge >= 0.3 is 0 Å². The Bertz CT molecular complexity index is 739. The van der Waals surface area contributed by atoms with Crippen LogP contribution in [0.25, 0.3) is 0 Å². The van der Waals surface area contributed by atoms with Crippen LogP contribution in [0, 0.1) is 6.92 Å². The molecule has 1 aliphatic heterocycles. The molecule has 1 atom stereocenters. The van der Waals surface area contributed by atoms with Gasteiger partial charge in [-0.05, 0) is 44.0 Å². The van der Waals surface area contributed by atoms with E-state index >= 15 is 0 Å². The maximum atomic E-state index is 12.2. The van der Waals surface area contributed by atoms with Crippen molar-refractivity contribution >= 4 is 11.6 Å². The molecule has 0 fully saturated rings. The van der Waals surface area contributed by atoms with Crippen LogP contribution in [0.2, 0.25) is 0 Å². The number of ether oxygens (including phenoxy) is 1. The van der Waals surface area contributed by atoms with Gasteiger partial charge in [-0.15, -0.1) is 0 Å². The largest absolute Gasteiger partial charge is 0.492 e. The van der Waals surface area contributed by atoms with Gasteiger partial charge in [-0.25, -0.2) is 0 Å². The molecule has 4 nitrogen and oxygen atoms in total. The minimum atomic E-state index is -0.532. The summed E-state index contributed by atoms with van der Waals surface area (Å²) in [4.78, 5) is 12.2. The van der Waals surface area contributed by atoms with Crippen molar-refractivity contribution in [2.75, 3.05) is 11.9 Å². The van der Waals surface area contributed by atoms with Crippen LogP contribution in [-0.4, -0.2) is 12.5 Å². The Morgan fingerprint density at radius 2 is 1.91 bits per heavy atom. The third-order valence-corrected chi connectivity index (χ3v) is 4.36. The van der Waals surface area contributed by atoms with Crippen LogP contribution >= 0.6 is 0 Å². The van der Waals surface area contributed by atoms with E-state index in [0.29, 0.717) is 6.61 Å². The van der Waals surface area contributed by atoms with E-state index in [0.717, 1.165) is 28.1 Å². The molecule has 0 bridgehead atoms. The Kier molecular flexibility index (Phi) is 3.86. The summed E-state index contributed by atoms with van der Waals surface area (Å²) in [5.74, 6) is 0.798. The molecule has 1 heterocycles. The minimum absolute atomic E-state index is 0.00975. The van der Waals surface area contributed by atoms with E-state index in [1.54, 1.807) is 0 Å². The number of nitrogens with one attached hydrogen (secondary N) is 1. The first kappa shape index (κ1) is 15.6. The summed E-state index contributed by atoms with van der Waals surface area (Å²) in [6.45, 7) is 6.25. The summed E-state index contributed by atoms with van der Waals surface area (Å²) in [5.41, 5.74) is 9.68. The molecule has 120 valence electrons. The highest BCUT2D eigenvalue weighted by Crippen LogP contribution is 2.41. The average Bonchev–Trinajstić information content (AvgIpc) is 2.76.